The molecule has 9 nitrogen and oxygen atoms in total. The fraction of sp³-hybridized carbons (Fsp3) is 0.387. The normalized spacial score (nSPS) is 18.4. The highest BCUT2D eigenvalue weighted by atomic mass is 32.2. The van der Waals surface area contributed by atoms with E-state index < -0.39 is 27.6 Å². The summed E-state index contributed by atoms with van der Waals surface area (Å²) in [6.45, 7) is 4.69. The van der Waals surface area contributed by atoms with Crippen LogP contribution in [0.25, 0.3) is 0 Å². The molecule has 3 aromatic carbocycles. The van der Waals surface area contributed by atoms with Crippen LogP contribution < -0.4 is 15.8 Å². The SMILES string of the molecule is CC(CN)CN(C[C@@H](O)[C@@](C)(NC(=O)c1ccccc1O[C@H]1CCOC1)c1ccccc1)S(=O)(=O)c1ccccc1. The first kappa shape index (κ1) is 30.7. The molecule has 0 spiro atoms. The number of para-hydroxylation sites is 1. The van der Waals surface area contributed by atoms with Crippen molar-refractivity contribution in [1.29, 1.82) is 0 Å². The number of aliphatic hydroxyl groups excluding tert-OH is 1. The summed E-state index contributed by atoms with van der Waals surface area (Å²) in [6, 6.07) is 24.0. The van der Waals surface area contributed by atoms with Crippen molar-refractivity contribution in [3.63, 3.8) is 0 Å². The molecule has 4 rings (SSSR count). The summed E-state index contributed by atoms with van der Waals surface area (Å²) in [5.74, 6) is -0.213. The second-order valence-electron chi connectivity index (χ2n) is 10.6. The van der Waals surface area contributed by atoms with Crippen LogP contribution in [-0.4, -0.2) is 68.8 Å². The van der Waals surface area contributed by atoms with E-state index >= 15 is 0 Å². The van der Waals surface area contributed by atoms with E-state index in [4.69, 9.17) is 15.2 Å². The van der Waals surface area contributed by atoms with E-state index in [0.29, 0.717) is 30.1 Å². The molecule has 10 heteroatoms. The Hall–Kier alpha value is -3.28. The van der Waals surface area contributed by atoms with Gasteiger partial charge in [0.25, 0.3) is 5.91 Å². The maximum Gasteiger partial charge on any atom is 0.255 e. The summed E-state index contributed by atoms with van der Waals surface area (Å²) >= 11 is 0. The Kier molecular flexibility index (Phi) is 10.2. The van der Waals surface area contributed by atoms with E-state index in [9.17, 15) is 18.3 Å². The average Bonchev–Trinajstić information content (AvgIpc) is 3.50. The largest absolute Gasteiger partial charge is 0.487 e. The Morgan fingerprint density at radius 3 is 2.34 bits per heavy atom. The third kappa shape index (κ3) is 7.33. The van der Waals surface area contributed by atoms with Crippen molar-refractivity contribution in [2.75, 3.05) is 32.8 Å². The summed E-state index contributed by atoms with van der Waals surface area (Å²) in [6.07, 6.45) is -0.756. The number of carbonyl (C=O) groups is 1. The van der Waals surface area contributed by atoms with E-state index in [2.05, 4.69) is 5.32 Å². The molecule has 0 aromatic heterocycles. The fourth-order valence-corrected chi connectivity index (χ4v) is 6.38. The number of benzene rings is 3. The number of aliphatic hydroxyl groups is 1. The molecule has 1 aliphatic rings. The molecule has 4 N–H and O–H groups in total. The Morgan fingerprint density at radius 1 is 1.07 bits per heavy atom. The number of rotatable bonds is 13. The van der Waals surface area contributed by atoms with Crippen molar-refractivity contribution in [1.82, 2.24) is 9.62 Å². The molecular formula is C31H39N3O6S. The number of carbonyl (C=O) groups excluding carboxylic acids is 1. The third-order valence-corrected chi connectivity index (χ3v) is 9.25. The van der Waals surface area contributed by atoms with Gasteiger partial charge in [0.1, 0.15) is 11.9 Å². The predicted molar refractivity (Wildman–Crippen MR) is 157 cm³/mol. The predicted octanol–water partition coefficient (Wildman–Crippen LogP) is 3.15. The van der Waals surface area contributed by atoms with E-state index in [0.717, 1.165) is 6.42 Å². The molecule has 1 fully saturated rings. The van der Waals surface area contributed by atoms with Gasteiger partial charge in [-0.05, 0) is 49.2 Å². The minimum Gasteiger partial charge on any atom is -0.487 e. The van der Waals surface area contributed by atoms with Crippen LogP contribution >= 0.6 is 0 Å². The second kappa shape index (κ2) is 13.6. The first-order valence-corrected chi connectivity index (χ1v) is 15.2. The number of nitrogens with two attached hydrogens (primary N) is 1. The van der Waals surface area contributed by atoms with Crippen molar-refractivity contribution in [2.24, 2.45) is 11.7 Å². The van der Waals surface area contributed by atoms with Crippen LogP contribution in [0.5, 0.6) is 5.75 Å². The van der Waals surface area contributed by atoms with Crippen LogP contribution in [0.3, 0.4) is 0 Å². The number of hydrogen-bond donors (Lipinski definition) is 3. The van der Waals surface area contributed by atoms with Crippen LogP contribution in [0.4, 0.5) is 0 Å². The number of sulfonamides is 1. The zero-order chi connectivity index (χ0) is 29.5. The lowest BCUT2D eigenvalue weighted by molar-refractivity contribution is 0.0436. The summed E-state index contributed by atoms with van der Waals surface area (Å²) < 4.78 is 40.1. The molecule has 3 aromatic rings. The van der Waals surface area contributed by atoms with Gasteiger partial charge in [0.05, 0.1) is 35.3 Å². The Bertz CT molecular complexity index is 1380. The second-order valence-corrected chi connectivity index (χ2v) is 12.6. The van der Waals surface area contributed by atoms with Gasteiger partial charge in [0.15, 0.2) is 0 Å². The standard InChI is InChI=1S/C31H39N3O6S/c1-23(19-32)20-34(41(37,38)26-13-7-4-8-14-26)21-29(35)31(2,24-11-5-3-6-12-24)33-30(36)27-15-9-10-16-28(27)40-25-17-18-39-22-25/h3-16,23,25,29,35H,17-22,32H2,1-2H3,(H,33,36)/t23?,25-,29+,31-/m0/s1. The molecule has 0 radical (unpaired) electrons. The van der Waals surface area contributed by atoms with Crippen LogP contribution in [0.1, 0.15) is 36.2 Å². The zero-order valence-corrected chi connectivity index (χ0v) is 24.3. The molecule has 0 aliphatic carbocycles. The smallest absolute Gasteiger partial charge is 0.255 e. The number of amides is 1. The number of hydrogen-bond acceptors (Lipinski definition) is 7. The minimum absolute atomic E-state index is 0.101. The van der Waals surface area contributed by atoms with Gasteiger partial charge in [-0.1, -0.05) is 67.6 Å². The van der Waals surface area contributed by atoms with Crippen LogP contribution in [0.15, 0.2) is 89.8 Å². The van der Waals surface area contributed by atoms with Gasteiger partial charge in [-0.2, -0.15) is 4.31 Å². The molecule has 1 amide bonds. The van der Waals surface area contributed by atoms with Crippen molar-refractivity contribution < 1.29 is 27.8 Å². The molecule has 0 saturated carbocycles. The van der Waals surface area contributed by atoms with Crippen LogP contribution in [0.2, 0.25) is 0 Å². The highest BCUT2D eigenvalue weighted by molar-refractivity contribution is 7.89. The molecule has 1 unspecified atom stereocenters. The van der Waals surface area contributed by atoms with Crippen LogP contribution in [0, 0.1) is 5.92 Å². The van der Waals surface area contributed by atoms with E-state index in [1.54, 1.807) is 73.7 Å². The van der Waals surface area contributed by atoms with Crippen molar-refractivity contribution in [2.45, 2.75) is 42.9 Å². The van der Waals surface area contributed by atoms with Gasteiger partial charge in [0.2, 0.25) is 10.0 Å². The quantitative estimate of drug-likeness (QED) is 0.283. The lowest BCUT2D eigenvalue weighted by Crippen LogP contribution is -2.56. The monoisotopic (exact) mass is 581 g/mol. The summed E-state index contributed by atoms with van der Waals surface area (Å²) in [5, 5.41) is 14.8. The molecule has 41 heavy (non-hydrogen) atoms. The number of nitrogens with one attached hydrogen (secondary N) is 1. The van der Waals surface area contributed by atoms with E-state index in [-0.39, 0.29) is 36.6 Å². The molecule has 220 valence electrons. The van der Waals surface area contributed by atoms with E-state index in [1.165, 1.54) is 16.4 Å². The molecule has 4 atom stereocenters. The minimum atomic E-state index is -3.97. The fourth-order valence-electron chi connectivity index (χ4n) is 4.79. The summed E-state index contributed by atoms with van der Waals surface area (Å²) in [4.78, 5) is 13.9. The maximum absolute atomic E-state index is 13.8. The summed E-state index contributed by atoms with van der Waals surface area (Å²) in [5.41, 5.74) is 5.41. The lowest BCUT2D eigenvalue weighted by atomic mass is 9.85. The van der Waals surface area contributed by atoms with Gasteiger partial charge < -0.3 is 25.6 Å². The van der Waals surface area contributed by atoms with Gasteiger partial charge in [-0.25, -0.2) is 8.42 Å². The molecular weight excluding hydrogens is 542 g/mol. The molecule has 1 aliphatic heterocycles. The molecule has 0 bridgehead atoms. The number of ether oxygens (including phenoxy) is 2. The van der Waals surface area contributed by atoms with Crippen molar-refractivity contribution in [3.05, 3.63) is 96.1 Å². The first-order chi connectivity index (χ1) is 19.6. The number of nitrogens with zero attached hydrogens (tertiary/aromatic N) is 1. The maximum atomic E-state index is 13.8. The highest BCUT2D eigenvalue weighted by Gasteiger charge is 2.40. The van der Waals surface area contributed by atoms with Gasteiger partial charge in [-0.3, -0.25) is 4.79 Å². The third-order valence-electron chi connectivity index (χ3n) is 7.40. The highest BCUT2D eigenvalue weighted by Crippen LogP contribution is 2.30. The Labute approximate surface area is 242 Å². The molecule has 1 saturated heterocycles. The van der Waals surface area contributed by atoms with Crippen molar-refractivity contribution >= 4 is 15.9 Å². The van der Waals surface area contributed by atoms with Gasteiger partial charge in [0, 0.05) is 19.5 Å². The van der Waals surface area contributed by atoms with E-state index in [1.807, 2.05) is 13.0 Å². The van der Waals surface area contributed by atoms with Crippen LogP contribution in [-0.2, 0) is 20.3 Å². The summed E-state index contributed by atoms with van der Waals surface area (Å²) in [7, 11) is -3.97. The topological polar surface area (TPSA) is 131 Å². The van der Waals surface area contributed by atoms with Gasteiger partial charge >= 0.3 is 0 Å². The Balaban J connectivity index is 1.66. The average molecular weight is 582 g/mol. The zero-order valence-electron chi connectivity index (χ0n) is 23.5. The molecule has 1 heterocycles. The lowest BCUT2D eigenvalue weighted by Gasteiger charge is -2.39. The Morgan fingerprint density at radius 2 is 1.71 bits per heavy atom. The van der Waals surface area contributed by atoms with Gasteiger partial charge in [-0.15, -0.1) is 0 Å². The van der Waals surface area contributed by atoms with Crippen molar-refractivity contribution in [3.8, 4) is 5.75 Å². The first-order valence-electron chi connectivity index (χ1n) is 13.8.